The number of benzene rings is 1. The van der Waals surface area contributed by atoms with E-state index in [0.29, 0.717) is 29.4 Å². The van der Waals surface area contributed by atoms with Crippen LogP contribution in [0, 0.1) is 41.4 Å². The highest BCUT2D eigenvalue weighted by atomic mass is 16.5. The summed E-state index contributed by atoms with van der Waals surface area (Å²) >= 11 is 0. The zero-order valence-corrected chi connectivity index (χ0v) is 18.3. The van der Waals surface area contributed by atoms with E-state index in [9.17, 15) is 4.79 Å². The van der Waals surface area contributed by atoms with Gasteiger partial charge in [0.05, 0.1) is 6.10 Å². The lowest BCUT2D eigenvalue weighted by Gasteiger charge is -2.60. The number of carbonyl (C=O) groups excluding carboxylic acids is 1. The Morgan fingerprint density at radius 1 is 1.10 bits per heavy atom. The van der Waals surface area contributed by atoms with Crippen LogP contribution in [0.4, 0.5) is 0 Å². The summed E-state index contributed by atoms with van der Waals surface area (Å²) in [6, 6.07) is 8.81. The van der Waals surface area contributed by atoms with E-state index >= 15 is 0 Å². The molecule has 1 N–H and O–H groups in total. The van der Waals surface area contributed by atoms with Crippen molar-refractivity contribution < 1.29 is 9.53 Å². The molecule has 3 aliphatic carbocycles. The number of nitrogens with one attached hydrogen (secondary N) is 1. The number of carbonyl (C=O) groups is 1. The van der Waals surface area contributed by atoms with Crippen molar-refractivity contribution in [3.05, 3.63) is 42.0 Å². The molecular weight excluding hydrogens is 358 g/mol. The third kappa shape index (κ3) is 3.04. The molecule has 4 aliphatic rings. The Kier molecular flexibility index (Phi) is 4.38. The molecule has 1 aliphatic heterocycles. The minimum Gasteiger partial charge on any atom is -0.490 e. The standard InChI is InChI=1S/C26H35NO2/c1-16-5-7-18(8-6-16)29-19-14-21-24-17(2)13-22-26(4,12-10-23(28)27-22)20(24)9-11-25(21,3)15-19/h5-8,10,12,17,19-22,24H,9,11,13-15H2,1-4H3,(H,27,28)/t17?,19?,20-,21+,22?,24-,25-,26-/m1/s1. The third-order valence-corrected chi connectivity index (χ3v) is 9.11. The third-order valence-electron chi connectivity index (χ3n) is 9.11. The van der Waals surface area contributed by atoms with Crippen LogP contribution < -0.4 is 10.1 Å². The van der Waals surface area contributed by atoms with E-state index in [2.05, 4.69) is 63.4 Å². The molecular formula is C26H35NO2. The molecule has 156 valence electrons. The first-order valence-electron chi connectivity index (χ1n) is 11.5. The Hall–Kier alpha value is -1.77. The van der Waals surface area contributed by atoms with Gasteiger partial charge >= 0.3 is 0 Å². The smallest absolute Gasteiger partial charge is 0.243 e. The van der Waals surface area contributed by atoms with Crippen LogP contribution >= 0.6 is 0 Å². The van der Waals surface area contributed by atoms with Gasteiger partial charge in [-0.05, 0) is 86.3 Å². The van der Waals surface area contributed by atoms with Crippen LogP contribution in [0.3, 0.4) is 0 Å². The van der Waals surface area contributed by atoms with Gasteiger partial charge in [-0.15, -0.1) is 0 Å². The normalized spacial score (nSPS) is 45.7. The zero-order valence-electron chi connectivity index (χ0n) is 18.3. The average molecular weight is 394 g/mol. The molecule has 3 heteroatoms. The van der Waals surface area contributed by atoms with Gasteiger partial charge in [-0.3, -0.25) is 4.79 Å². The van der Waals surface area contributed by atoms with Crippen molar-refractivity contribution >= 4 is 5.91 Å². The molecule has 3 nitrogen and oxygen atoms in total. The van der Waals surface area contributed by atoms with Crippen molar-refractivity contribution in [3.8, 4) is 5.75 Å². The summed E-state index contributed by atoms with van der Waals surface area (Å²) in [5.74, 6) is 3.85. The molecule has 3 fully saturated rings. The largest absolute Gasteiger partial charge is 0.490 e. The first-order valence-corrected chi connectivity index (χ1v) is 11.5. The Bertz CT molecular complexity index is 830. The summed E-state index contributed by atoms with van der Waals surface area (Å²) in [5, 5.41) is 3.29. The van der Waals surface area contributed by atoms with Crippen LogP contribution in [0.2, 0.25) is 0 Å². The fourth-order valence-corrected chi connectivity index (χ4v) is 7.58. The minimum absolute atomic E-state index is 0.0891. The molecule has 0 aromatic heterocycles. The van der Waals surface area contributed by atoms with E-state index in [1.165, 1.54) is 31.2 Å². The van der Waals surface area contributed by atoms with Crippen molar-refractivity contribution in [2.45, 2.75) is 71.9 Å². The monoisotopic (exact) mass is 393 g/mol. The van der Waals surface area contributed by atoms with Crippen LogP contribution in [-0.4, -0.2) is 18.1 Å². The van der Waals surface area contributed by atoms with Crippen LogP contribution in [0.1, 0.15) is 58.4 Å². The maximum Gasteiger partial charge on any atom is 0.243 e. The number of fused-ring (bicyclic) bond motifs is 5. The van der Waals surface area contributed by atoms with E-state index < -0.39 is 0 Å². The minimum atomic E-state index is 0.0891. The van der Waals surface area contributed by atoms with Gasteiger partial charge in [-0.2, -0.15) is 0 Å². The predicted octanol–water partition coefficient (Wildman–Crippen LogP) is 5.29. The van der Waals surface area contributed by atoms with Crippen LogP contribution in [0.25, 0.3) is 0 Å². The zero-order chi connectivity index (χ0) is 20.4. The second kappa shape index (κ2) is 6.62. The van der Waals surface area contributed by atoms with Crippen LogP contribution in [-0.2, 0) is 4.79 Å². The average Bonchev–Trinajstić information content (AvgIpc) is 3.01. The SMILES string of the molecule is Cc1ccc(OC2C[C@H]3[C@@H]4C(C)CC5NC(=O)C=C[C@]5(C)[C@@H]4CC[C@]3(C)C2)cc1. The van der Waals surface area contributed by atoms with Gasteiger partial charge in [0, 0.05) is 11.5 Å². The summed E-state index contributed by atoms with van der Waals surface area (Å²) in [6.07, 6.45) is 10.4. The van der Waals surface area contributed by atoms with Crippen LogP contribution in [0.5, 0.6) is 5.75 Å². The number of ether oxygens (including phenoxy) is 1. The van der Waals surface area contributed by atoms with Gasteiger partial charge in [-0.25, -0.2) is 0 Å². The van der Waals surface area contributed by atoms with Crippen molar-refractivity contribution in [1.82, 2.24) is 5.32 Å². The molecule has 3 saturated carbocycles. The maximum atomic E-state index is 12.0. The molecule has 29 heavy (non-hydrogen) atoms. The van der Waals surface area contributed by atoms with Gasteiger partial charge in [0.1, 0.15) is 5.75 Å². The summed E-state index contributed by atoms with van der Waals surface area (Å²) in [7, 11) is 0. The number of amides is 1. The van der Waals surface area contributed by atoms with Gasteiger partial charge in [-0.1, -0.05) is 44.5 Å². The van der Waals surface area contributed by atoms with Gasteiger partial charge in [0.2, 0.25) is 5.91 Å². The lowest BCUT2D eigenvalue weighted by atomic mass is 9.46. The maximum absolute atomic E-state index is 12.0. The van der Waals surface area contributed by atoms with Crippen molar-refractivity contribution in [3.63, 3.8) is 0 Å². The molecule has 3 unspecified atom stereocenters. The molecule has 1 heterocycles. The lowest BCUT2D eigenvalue weighted by molar-refractivity contribution is -0.124. The molecule has 0 saturated heterocycles. The molecule has 0 spiro atoms. The first kappa shape index (κ1) is 19.2. The number of hydrogen-bond acceptors (Lipinski definition) is 2. The van der Waals surface area contributed by atoms with Crippen molar-refractivity contribution in [1.29, 1.82) is 0 Å². The topological polar surface area (TPSA) is 38.3 Å². The molecule has 0 bridgehead atoms. The van der Waals surface area contributed by atoms with Crippen LogP contribution in [0.15, 0.2) is 36.4 Å². The summed E-state index contributed by atoms with van der Waals surface area (Å²) in [6.45, 7) is 9.47. The predicted molar refractivity (Wildman–Crippen MR) is 116 cm³/mol. The van der Waals surface area contributed by atoms with E-state index in [4.69, 9.17) is 4.74 Å². The summed E-state index contributed by atoms with van der Waals surface area (Å²) in [5.41, 5.74) is 1.76. The quantitative estimate of drug-likeness (QED) is 0.742. The van der Waals surface area contributed by atoms with Gasteiger partial charge in [0.15, 0.2) is 0 Å². The highest BCUT2D eigenvalue weighted by Crippen LogP contribution is 2.64. The first-order chi connectivity index (χ1) is 13.8. The Morgan fingerprint density at radius 3 is 2.62 bits per heavy atom. The molecule has 8 atom stereocenters. The number of aryl methyl sites for hydroxylation is 1. The second-order valence-corrected chi connectivity index (χ2v) is 10.9. The van der Waals surface area contributed by atoms with Gasteiger partial charge in [0.25, 0.3) is 0 Å². The highest BCUT2D eigenvalue weighted by Gasteiger charge is 2.60. The Balaban J connectivity index is 1.40. The Labute approximate surface area is 175 Å². The van der Waals surface area contributed by atoms with Gasteiger partial charge < -0.3 is 10.1 Å². The molecule has 1 aromatic carbocycles. The summed E-state index contributed by atoms with van der Waals surface area (Å²) in [4.78, 5) is 12.0. The van der Waals surface area contributed by atoms with Crippen molar-refractivity contribution in [2.75, 3.05) is 0 Å². The van der Waals surface area contributed by atoms with E-state index in [1.807, 2.05) is 0 Å². The molecule has 0 radical (unpaired) electrons. The number of hydrogen-bond donors (Lipinski definition) is 1. The molecule has 5 rings (SSSR count). The van der Waals surface area contributed by atoms with E-state index in [0.717, 1.165) is 24.0 Å². The highest BCUT2D eigenvalue weighted by molar-refractivity contribution is 5.89. The summed E-state index contributed by atoms with van der Waals surface area (Å²) < 4.78 is 6.48. The van der Waals surface area contributed by atoms with E-state index in [1.54, 1.807) is 6.08 Å². The fourth-order valence-electron chi connectivity index (χ4n) is 7.58. The van der Waals surface area contributed by atoms with Crippen molar-refractivity contribution in [2.24, 2.45) is 34.5 Å². The second-order valence-electron chi connectivity index (χ2n) is 10.9. The van der Waals surface area contributed by atoms with E-state index in [-0.39, 0.29) is 11.3 Å². The fraction of sp³-hybridized carbons (Fsp3) is 0.654. The Morgan fingerprint density at radius 2 is 1.86 bits per heavy atom. The number of rotatable bonds is 2. The molecule has 1 amide bonds. The molecule has 1 aromatic rings. The lowest BCUT2D eigenvalue weighted by Crippen LogP contribution is -2.61.